The Morgan fingerprint density at radius 2 is 1.85 bits per heavy atom. The van der Waals surface area contributed by atoms with Gasteiger partial charge in [-0.15, -0.1) is 11.3 Å². The fourth-order valence-electron chi connectivity index (χ4n) is 4.51. The largest absolute Gasteiger partial charge is 0.335 e. The van der Waals surface area contributed by atoms with E-state index < -0.39 is 5.54 Å². The van der Waals surface area contributed by atoms with Crippen molar-refractivity contribution in [3.05, 3.63) is 104 Å². The maximum absolute atomic E-state index is 7.26. The van der Waals surface area contributed by atoms with E-state index in [-0.39, 0.29) is 0 Å². The summed E-state index contributed by atoms with van der Waals surface area (Å²) in [5.41, 5.74) is 12.1. The van der Waals surface area contributed by atoms with Crippen LogP contribution in [0.25, 0.3) is 22.0 Å². The van der Waals surface area contributed by atoms with E-state index in [0.29, 0.717) is 9.36 Å². The molecule has 5 nitrogen and oxygen atoms in total. The zero-order chi connectivity index (χ0) is 24.0. The summed E-state index contributed by atoms with van der Waals surface area (Å²) in [6.07, 6.45) is 3.58. The molecule has 0 saturated heterocycles. The van der Waals surface area contributed by atoms with Crippen LogP contribution in [0.1, 0.15) is 16.1 Å². The number of fused-ring (bicyclic) bond motifs is 1. The monoisotopic (exact) mass is 507 g/mol. The van der Waals surface area contributed by atoms with Crippen molar-refractivity contribution >= 4 is 45.4 Å². The third-order valence-corrected chi connectivity index (χ3v) is 7.87. The SMILES string of the molecule is C/N=c1/cc(-c2cccc(Cl)c2)c2cc(C(N)(c3ccc(Cl)s3)c3cncn3C)ccc2n1C. The third-order valence-electron chi connectivity index (χ3n) is 6.27. The van der Waals surface area contributed by atoms with Crippen molar-refractivity contribution in [2.24, 2.45) is 24.8 Å². The minimum absolute atomic E-state index is 0.682. The Labute approximate surface area is 211 Å². The molecule has 2 N–H and O–H groups in total. The van der Waals surface area contributed by atoms with Crippen molar-refractivity contribution in [1.29, 1.82) is 0 Å². The summed E-state index contributed by atoms with van der Waals surface area (Å²) in [7, 11) is 5.76. The third kappa shape index (κ3) is 3.67. The molecule has 0 amide bonds. The van der Waals surface area contributed by atoms with E-state index >= 15 is 0 Å². The van der Waals surface area contributed by atoms with Gasteiger partial charge in [0.1, 0.15) is 11.0 Å². The van der Waals surface area contributed by atoms with Crippen LogP contribution >= 0.6 is 34.5 Å². The van der Waals surface area contributed by atoms with E-state index in [9.17, 15) is 0 Å². The smallest absolute Gasteiger partial charge is 0.128 e. The molecule has 2 aromatic carbocycles. The van der Waals surface area contributed by atoms with Crippen molar-refractivity contribution in [3.63, 3.8) is 0 Å². The number of pyridine rings is 1. The van der Waals surface area contributed by atoms with Gasteiger partial charge in [-0.1, -0.05) is 41.4 Å². The zero-order valence-electron chi connectivity index (χ0n) is 19.0. The summed E-state index contributed by atoms with van der Waals surface area (Å²) in [5.74, 6) is 0. The number of aryl methyl sites for hydroxylation is 2. The Balaban J connectivity index is 1.86. The van der Waals surface area contributed by atoms with Crippen LogP contribution in [0.15, 0.2) is 78.2 Å². The molecular formula is C26H23Cl2N5S. The molecule has 1 atom stereocenters. The number of thiophene rings is 1. The first-order chi connectivity index (χ1) is 16.3. The summed E-state index contributed by atoms with van der Waals surface area (Å²) in [6.45, 7) is 0. The van der Waals surface area contributed by atoms with Crippen molar-refractivity contribution in [2.45, 2.75) is 5.54 Å². The molecule has 5 rings (SSSR count). The minimum atomic E-state index is -0.935. The average molecular weight is 508 g/mol. The Morgan fingerprint density at radius 1 is 1.03 bits per heavy atom. The molecule has 0 spiro atoms. The molecule has 0 saturated carbocycles. The molecule has 0 aliphatic carbocycles. The van der Waals surface area contributed by atoms with Gasteiger partial charge in [-0.05, 0) is 59.2 Å². The second kappa shape index (κ2) is 8.71. The number of aromatic nitrogens is 3. The molecule has 5 aromatic rings. The van der Waals surface area contributed by atoms with Gasteiger partial charge in [-0.2, -0.15) is 0 Å². The van der Waals surface area contributed by atoms with Crippen molar-refractivity contribution in [1.82, 2.24) is 14.1 Å². The second-order valence-electron chi connectivity index (χ2n) is 8.24. The molecule has 0 fully saturated rings. The Hall–Kier alpha value is -2.90. The van der Waals surface area contributed by atoms with Gasteiger partial charge in [0, 0.05) is 41.9 Å². The topological polar surface area (TPSA) is 61.1 Å². The maximum atomic E-state index is 7.26. The first-order valence-corrected chi connectivity index (χ1v) is 12.2. The molecular weight excluding hydrogens is 485 g/mol. The summed E-state index contributed by atoms with van der Waals surface area (Å²) >= 11 is 14.2. The van der Waals surface area contributed by atoms with Crippen molar-refractivity contribution in [2.75, 3.05) is 7.05 Å². The van der Waals surface area contributed by atoms with E-state index in [4.69, 9.17) is 28.9 Å². The highest BCUT2D eigenvalue weighted by Gasteiger charge is 2.36. The molecule has 0 radical (unpaired) electrons. The predicted octanol–water partition coefficient (Wildman–Crippen LogP) is 5.73. The molecule has 8 heteroatoms. The summed E-state index contributed by atoms with van der Waals surface area (Å²) in [5, 5.41) is 1.73. The number of hydrogen-bond donors (Lipinski definition) is 1. The van der Waals surface area contributed by atoms with E-state index in [1.165, 1.54) is 11.3 Å². The van der Waals surface area contributed by atoms with Crippen LogP contribution in [0, 0.1) is 0 Å². The van der Waals surface area contributed by atoms with Gasteiger partial charge in [0.15, 0.2) is 0 Å². The molecule has 3 heterocycles. The second-order valence-corrected chi connectivity index (χ2v) is 10.4. The van der Waals surface area contributed by atoms with Gasteiger partial charge < -0.3 is 14.9 Å². The highest BCUT2D eigenvalue weighted by atomic mass is 35.5. The molecule has 0 bridgehead atoms. The number of benzene rings is 2. The summed E-state index contributed by atoms with van der Waals surface area (Å²) in [6, 6.07) is 20.1. The lowest BCUT2D eigenvalue weighted by molar-refractivity contribution is 0.607. The minimum Gasteiger partial charge on any atom is -0.335 e. The number of nitrogens with two attached hydrogens (primary N) is 1. The van der Waals surface area contributed by atoms with Crippen LogP contribution in [0.2, 0.25) is 9.36 Å². The first kappa shape index (κ1) is 22.9. The lowest BCUT2D eigenvalue weighted by Gasteiger charge is -2.30. The lowest BCUT2D eigenvalue weighted by Crippen LogP contribution is -2.40. The number of imidazole rings is 1. The molecule has 3 aromatic heterocycles. The van der Waals surface area contributed by atoms with Crippen LogP contribution < -0.4 is 11.2 Å². The van der Waals surface area contributed by atoms with Crippen LogP contribution in [0.4, 0.5) is 0 Å². The van der Waals surface area contributed by atoms with Gasteiger partial charge in [-0.25, -0.2) is 4.98 Å². The summed E-state index contributed by atoms with van der Waals surface area (Å²) < 4.78 is 4.72. The quantitative estimate of drug-likeness (QED) is 0.337. The Morgan fingerprint density at radius 3 is 2.50 bits per heavy atom. The maximum Gasteiger partial charge on any atom is 0.128 e. The van der Waals surface area contributed by atoms with Gasteiger partial charge >= 0.3 is 0 Å². The van der Waals surface area contributed by atoms with E-state index in [1.54, 1.807) is 13.4 Å². The van der Waals surface area contributed by atoms with Crippen LogP contribution in [-0.2, 0) is 19.6 Å². The Kier molecular flexibility index (Phi) is 5.86. The molecule has 34 heavy (non-hydrogen) atoms. The van der Waals surface area contributed by atoms with Gasteiger partial charge in [0.2, 0.25) is 0 Å². The standard InChI is InChI=1S/C26H23Cl2N5S/c1-30-25-13-19(16-5-4-6-18(27)11-16)20-12-17(7-8-21(20)33(25)3)26(29,22-14-31-15-32(22)2)23-9-10-24(28)34-23/h4-15H,29H2,1-3H3/b30-25-. The fourth-order valence-corrected chi connectivity index (χ4v) is 5.87. The molecule has 0 aliphatic heterocycles. The van der Waals surface area contributed by atoms with Crippen LogP contribution in [-0.4, -0.2) is 21.2 Å². The predicted molar refractivity (Wildman–Crippen MR) is 141 cm³/mol. The number of rotatable bonds is 4. The van der Waals surface area contributed by atoms with Gasteiger partial charge in [0.05, 0.1) is 22.6 Å². The number of nitrogens with zero attached hydrogens (tertiary/aromatic N) is 4. The van der Waals surface area contributed by atoms with Crippen molar-refractivity contribution in [3.8, 4) is 11.1 Å². The van der Waals surface area contributed by atoms with E-state index in [2.05, 4.69) is 44.9 Å². The number of halogens is 2. The molecule has 172 valence electrons. The average Bonchev–Trinajstić information content (AvgIpc) is 3.47. The zero-order valence-corrected chi connectivity index (χ0v) is 21.3. The lowest BCUT2D eigenvalue weighted by atomic mass is 9.84. The molecule has 1 unspecified atom stereocenters. The van der Waals surface area contributed by atoms with Crippen molar-refractivity contribution < 1.29 is 0 Å². The molecule has 0 aliphatic rings. The van der Waals surface area contributed by atoms with Gasteiger partial charge in [0.25, 0.3) is 0 Å². The van der Waals surface area contributed by atoms with Gasteiger partial charge in [-0.3, -0.25) is 4.99 Å². The normalized spacial score (nSPS) is 14.0. The van der Waals surface area contributed by atoms with E-state index in [1.807, 2.05) is 55.2 Å². The summed E-state index contributed by atoms with van der Waals surface area (Å²) in [4.78, 5) is 9.77. The Bertz CT molecular complexity index is 1600. The highest BCUT2D eigenvalue weighted by Crippen LogP contribution is 2.41. The highest BCUT2D eigenvalue weighted by molar-refractivity contribution is 7.16. The van der Waals surface area contributed by atoms with E-state index in [0.717, 1.165) is 43.7 Å². The number of hydrogen-bond acceptors (Lipinski definition) is 4. The first-order valence-electron chi connectivity index (χ1n) is 10.7. The van der Waals surface area contributed by atoms with Crippen LogP contribution in [0.3, 0.4) is 0 Å². The van der Waals surface area contributed by atoms with Crippen LogP contribution in [0.5, 0.6) is 0 Å². The fraction of sp³-hybridized carbons (Fsp3) is 0.154.